The van der Waals surface area contributed by atoms with E-state index in [1.165, 1.54) is 12.1 Å². The zero-order valence-electron chi connectivity index (χ0n) is 9.18. The average molecular weight is 223 g/mol. The summed E-state index contributed by atoms with van der Waals surface area (Å²) in [7, 11) is -1.50. The molecule has 0 saturated heterocycles. The van der Waals surface area contributed by atoms with Gasteiger partial charge in [0.05, 0.1) is 6.10 Å². The second-order valence-electron chi connectivity index (χ2n) is 3.57. The third-order valence-electron chi connectivity index (χ3n) is 1.80. The van der Waals surface area contributed by atoms with Crippen LogP contribution >= 0.6 is 0 Å². The van der Waals surface area contributed by atoms with Crippen molar-refractivity contribution < 1.29 is 19.6 Å². The SMILES string of the molecule is CC(C)OC(=O)Nc1ccc(B(O)O)cc1. The zero-order valence-corrected chi connectivity index (χ0v) is 9.18. The maximum Gasteiger partial charge on any atom is 0.488 e. The summed E-state index contributed by atoms with van der Waals surface area (Å²) in [4.78, 5) is 11.2. The summed E-state index contributed by atoms with van der Waals surface area (Å²) in [6, 6.07) is 6.15. The molecule has 0 aliphatic carbocycles. The van der Waals surface area contributed by atoms with Crippen molar-refractivity contribution in [3.8, 4) is 0 Å². The van der Waals surface area contributed by atoms with E-state index in [1.54, 1.807) is 26.0 Å². The van der Waals surface area contributed by atoms with Crippen LogP contribution in [0.25, 0.3) is 0 Å². The van der Waals surface area contributed by atoms with Gasteiger partial charge < -0.3 is 14.8 Å². The van der Waals surface area contributed by atoms with E-state index in [4.69, 9.17) is 14.8 Å². The molecule has 1 rings (SSSR count). The van der Waals surface area contributed by atoms with Crippen LogP contribution in [0.5, 0.6) is 0 Å². The summed E-state index contributed by atoms with van der Waals surface area (Å²) in [5, 5.41) is 20.2. The molecule has 0 atom stereocenters. The molecule has 0 aliphatic heterocycles. The Morgan fingerprint density at radius 1 is 1.31 bits per heavy atom. The third kappa shape index (κ3) is 3.92. The highest BCUT2D eigenvalue weighted by Gasteiger charge is 2.10. The molecular weight excluding hydrogens is 209 g/mol. The van der Waals surface area contributed by atoms with Crippen molar-refractivity contribution in [3.05, 3.63) is 24.3 Å². The lowest BCUT2D eigenvalue weighted by Gasteiger charge is -2.09. The highest BCUT2D eigenvalue weighted by atomic mass is 16.6. The van der Waals surface area contributed by atoms with Crippen LogP contribution in [0.2, 0.25) is 0 Å². The number of carbonyl (C=O) groups is 1. The smallest absolute Gasteiger partial charge is 0.447 e. The van der Waals surface area contributed by atoms with E-state index in [9.17, 15) is 4.79 Å². The van der Waals surface area contributed by atoms with Crippen molar-refractivity contribution >= 4 is 24.4 Å². The number of rotatable bonds is 3. The Balaban J connectivity index is 2.58. The summed E-state index contributed by atoms with van der Waals surface area (Å²) in [6.07, 6.45) is -0.717. The number of benzene rings is 1. The van der Waals surface area contributed by atoms with E-state index in [2.05, 4.69) is 5.32 Å². The van der Waals surface area contributed by atoms with Crippen molar-refractivity contribution in [2.75, 3.05) is 5.32 Å². The molecule has 0 saturated carbocycles. The highest BCUT2D eigenvalue weighted by molar-refractivity contribution is 6.58. The van der Waals surface area contributed by atoms with Crippen LogP contribution in [-0.2, 0) is 4.74 Å². The summed E-state index contributed by atoms with van der Waals surface area (Å²) in [6.45, 7) is 3.51. The topological polar surface area (TPSA) is 78.8 Å². The first-order valence-corrected chi connectivity index (χ1v) is 4.93. The van der Waals surface area contributed by atoms with Crippen molar-refractivity contribution in [1.29, 1.82) is 0 Å². The fourth-order valence-corrected chi connectivity index (χ4v) is 1.10. The van der Waals surface area contributed by atoms with Crippen molar-refractivity contribution in [2.24, 2.45) is 0 Å². The van der Waals surface area contributed by atoms with Gasteiger partial charge in [0.2, 0.25) is 0 Å². The Hall–Kier alpha value is -1.53. The second kappa shape index (κ2) is 5.53. The maximum absolute atomic E-state index is 11.2. The minimum Gasteiger partial charge on any atom is -0.447 e. The molecule has 6 heteroatoms. The molecule has 86 valence electrons. The zero-order chi connectivity index (χ0) is 12.1. The number of amides is 1. The number of carbonyl (C=O) groups excluding carboxylic acids is 1. The van der Waals surface area contributed by atoms with Gasteiger partial charge in [-0.2, -0.15) is 0 Å². The fourth-order valence-electron chi connectivity index (χ4n) is 1.10. The maximum atomic E-state index is 11.2. The van der Waals surface area contributed by atoms with Crippen LogP contribution in [-0.4, -0.2) is 29.4 Å². The van der Waals surface area contributed by atoms with Gasteiger partial charge in [0.25, 0.3) is 0 Å². The van der Waals surface area contributed by atoms with E-state index in [0.29, 0.717) is 11.2 Å². The van der Waals surface area contributed by atoms with Gasteiger partial charge in [-0.15, -0.1) is 0 Å². The number of ether oxygens (including phenoxy) is 1. The van der Waals surface area contributed by atoms with Crippen molar-refractivity contribution in [3.63, 3.8) is 0 Å². The average Bonchev–Trinajstić information content (AvgIpc) is 2.16. The van der Waals surface area contributed by atoms with E-state index in [1.807, 2.05) is 0 Å². The number of nitrogens with one attached hydrogen (secondary N) is 1. The molecule has 16 heavy (non-hydrogen) atoms. The minimum atomic E-state index is -1.50. The molecule has 1 aromatic carbocycles. The molecule has 0 unspecified atom stereocenters. The van der Waals surface area contributed by atoms with Gasteiger partial charge in [0.15, 0.2) is 0 Å². The fraction of sp³-hybridized carbons (Fsp3) is 0.300. The summed E-state index contributed by atoms with van der Waals surface area (Å²) >= 11 is 0. The third-order valence-corrected chi connectivity index (χ3v) is 1.80. The van der Waals surface area contributed by atoms with Crippen molar-refractivity contribution in [1.82, 2.24) is 0 Å². The summed E-state index contributed by atoms with van der Waals surface area (Å²) in [5.74, 6) is 0. The Kier molecular flexibility index (Phi) is 4.33. The molecule has 5 nitrogen and oxygen atoms in total. The Morgan fingerprint density at radius 2 is 1.88 bits per heavy atom. The predicted octanol–water partition coefficient (Wildman–Crippen LogP) is 0.323. The molecule has 1 amide bonds. The monoisotopic (exact) mass is 223 g/mol. The second-order valence-corrected chi connectivity index (χ2v) is 3.57. The number of hydrogen-bond acceptors (Lipinski definition) is 4. The quantitative estimate of drug-likeness (QED) is 0.645. The Labute approximate surface area is 94.2 Å². The summed E-state index contributed by atoms with van der Waals surface area (Å²) < 4.78 is 4.88. The molecule has 0 spiro atoms. The van der Waals surface area contributed by atoms with Crippen LogP contribution < -0.4 is 10.8 Å². The lowest BCUT2D eigenvalue weighted by Crippen LogP contribution is -2.29. The molecule has 0 aliphatic rings. The standard InChI is InChI=1S/C10H14BNO4/c1-7(2)16-10(13)12-9-5-3-8(4-6-9)11(14)15/h3-7,14-15H,1-2H3,(H,12,13). The molecular formula is C10H14BNO4. The van der Waals surface area contributed by atoms with Crippen LogP contribution in [0.15, 0.2) is 24.3 Å². The summed E-state index contributed by atoms with van der Waals surface area (Å²) in [5.41, 5.74) is 0.901. The van der Waals surface area contributed by atoms with Crippen LogP contribution in [0.3, 0.4) is 0 Å². The number of anilines is 1. The van der Waals surface area contributed by atoms with Crippen LogP contribution in [0.1, 0.15) is 13.8 Å². The van der Waals surface area contributed by atoms with Gasteiger partial charge in [0.1, 0.15) is 0 Å². The van der Waals surface area contributed by atoms with Gasteiger partial charge >= 0.3 is 13.2 Å². The highest BCUT2D eigenvalue weighted by Crippen LogP contribution is 2.05. The van der Waals surface area contributed by atoms with Crippen LogP contribution in [0, 0.1) is 0 Å². The first-order valence-electron chi connectivity index (χ1n) is 4.93. The van der Waals surface area contributed by atoms with E-state index in [-0.39, 0.29) is 6.10 Å². The lowest BCUT2D eigenvalue weighted by atomic mass is 9.80. The van der Waals surface area contributed by atoms with Gasteiger partial charge in [-0.1, -0.05) is 12.1 Å². The molecule has 0 heterocycles. The molecule has 0 radical (unpaired) electrons. The minimum absolute atomic E-state index is 0.182. The van der Waals surface area contributed by atoms with Gasteiger partial charge in [0, 0.05) is 5.69 Å². The molecule has 3 N–H and O–H groups in total. The molecule has 1 aromatic rings. The van der Waals surface area contributed by atoms with Crippen LogP contribution in [0.4, 0.5) is 10.5 Å². The van der Waals surface area contributed by atoms with Gasteiger partial charge in [-0.25, -0.2) is 4.79 Å². The first kappa shape index (κ1) is 12.5. The molecule has 0 aromatic heterocycles. The Morgan fingerprint density at radius 3 is 2.31 bits per heavy atom. The van der Waals surface area contributed by atoms with E-state index >= 15 is 0 Å². The van der Waals surface area contributed by atoms with Gasteiger partial charge in [-0.05, 0) is 31.4 Å². The Bertz CT molecular complexity index is 350. The largest absolute Gasteiger partial charge is 0.488 e. The normalized spacial score (nSPS) is 10.1. The van der Waals surface area contributed by atoms with Crippen molar-refractivity contribution in [2.45, 2.75) is 20.0 Å². The first-order chi connectivity index (χ1) is 7.49. The van der Waals surface area contributed by atoms with E-state index < -0.39 is 13.2 Å². The van der Waals surface area contributed by atoms with E-state index in [0.717, 1.165) is 0 Å². The van der Waals surface area contributed by atoms with Gasteiger partial charge in [-0.3, -0.25) is 5.32 Å². The molecule has 0 fully saturated rings. The number of hydrogen-bond donors (Lipinski definition) is 3. The predicted molar refractivity (Wildman–Crippen MR) is 61.5 cm³/mol. The lowest BCUT2D eigenvalue weighted by molar-refractivity contribution is 0.130. The molecule has 0 bridgehead atoms.